The first-order chi connectivity index (χ1) is 4.97. The highest BCUT2D eigenvalue weighted by Crippen LogP contribution is 2.17. The van der Waals surface area contributed by atoms with Gasteiger partial charge in [0.1, 0.15) is 0 Å². The van der Waals surface area contributed by atoms with Crippen LogP contribution in [-0.4, -0.2) is 4.98 Å². The highest BCUT2D eigenvalue weighted by molar-refractivity contribution is 5.68. The van der Waals surface area contributed by atoms with Gasteiger partial charge in [0, 0.05) is 6.20 Å². The number of hydrogen-bond acceptors (Lipinski definition) is 2. The van der Waals surface area contributed by atoms with Crippen molar-refractivity contribution in [1.29, 1.82) is 0 Å². The van der Waals surface area contributed by atoms with Crippen LogP contribution >= 0.6 is 0 Å². The van der Waals surface area contributed by atoms with E-state index in [1.165, 1.54) is 0 Å². The molecule has 0 aliphatic carbocycles. The molecule has 1 aliphatic heterocycles. The van der Waals surface area contributed by atoms with E-state index < -0.39 is 0 Å². The zero-order valence-corrected chi connectivity index (χ0v) is 5.41. The van der Waals surface area contributed by atoms with E-state index in [4.69, 9.17) is 0 Å². The molecule has 1 aliphatic rings. The quantitative estimate of drug-likeness (QED) is 0.579. The molecule has 1 aromatic heterocycles. The SMILES string of the molecule is [CH]1C=Cc2ncccc2N1. The summed E-state index contributed by atoms with van der Waals surface area (Å²) in [4.78, 5) is 4.15. The van der Waals surface area contributed by atoms with Gasteiger partial charge in [-0.1, -0.05) is 6.08 Å². The molecule has 1 aromatic rings. The van der Waals surface area contributed by atoms with Crippen molar-refractivity contribution >= 4 is 11.8 Å². The van der Waals surface area contributed by atoms with Crippen molar-refractivity contribution in [2.75, 3.05) is 5.32 Å². The molecule has 0 fully saturated rings. The number of nitrogens with one attached hydrogen (secondary N) is 1. The van der Waals surface area contributed by atoms with Crippen molar-refractivity contribution in [2.45, 2.75) is 0 Å². The van der Waals surface area contributed by atoms with Crippen LogP contribution in [0.5, 0.6) is 0 Å². The molecule has 0 spiro atoms. The zero-order chi connectivity index (χ0) is 6.81. The topological polar surface area (TPSA) is 24.9 Å². The van der Waals surface area contributed by atoms with Crippen molar-refractivity contribution in [2.24, 2.45) is 0 Å². The van der Waals surface area contributed by atoms with Gasteiger partial charge in [0.05, 0.1) is 17.9 Å². The Hall–Kier alpha value is -1.31. The van der Waals surface area contributed by atoms with E-state index in [1.807, 2.05) is 30.8 Å². The summed E-state index contributed by atoms with van der Waals surface area (Å²) in [6, 6.07) is 3.92. The molecule has 2 heterocycles. The number of pyridine rings is 1. The molecule has 2 nitrogen and oxygen atoms in total. The summed E-state index contributed by atoms with van der Waals surface area (Å²) >= 11 is 0. The summed E-state index contributed by atoms with van der Waals surface area (Å²) in [7, 11) is 0. The predicted octanol–water partition coefficient (Wildman–Crippen LogP) is 1.68. The van der Waals surface area contributed by atoms with Crippen LogP contribution < -0.4 is 5.32 Å². The van der Waals surface area contributed by atoms with Crippen LogP contribution in [0.2, 0.25) is 0 Å². The van der Waals surface area contributed by atoms with Crippen molar-refractivity contribution in [3.63, 3.8) is 0 Å². The molecule has 1 N–H and O–H groups in total. The maximum absolute atomic E-state index is 4.15. The van der Waals surface area contributed by atoms with Gasteiger partial charge in [-0.2, -0.15) is 0 Å². The molecule has 49 valence electrons. The largest absolute Gasteiger partial charge is 0.375 e. The van der Waals surface area contributed by atoms with E-state index in [0.29, 0.717) is 0 Å². The van der Waals surface area contributed by atoms with Crippen molar-refractivity contribution in [3.8, 4) is 0 Å². The second-order valence-electron chi connectivity index (χ2n) is 2.11. The fourth-order valence-corrected chi connectivity index (χ4v) is 0.950. The Kier molecular flexibility index (Phi) is 1.17. The molecule has 1 radical (unpaired) electrons. The maximum Gasteiger partial charge on any atom is 0.0858 e. The average molecular weight is 131 g/mol. The summed E-state index contributed by atoms with van der Waals surface area (Å²) in [5, 5.41) is 3.09. The number of hydrogen-bond donors (Lipinski definition) is 1. The number of fused-ring (bicyclic) bond motifs is 1. The van der Waals surface area contributed by atoms with E-state index in [1.54, 1.807) is 6.20 Å². The summed E-state index contributed by atoms with van der Waals surface area (Å²) in [5.41, 5.74) is 2.08. The fourth-order valence-electron chi connectivity index (χ4n) is 0.950. The van der Waals surface area contributed by atoms with Crippen molar-refractivity contribution in [3.05, 3.63) is 36.6 Å². The minimum Gasteiger partial charge on any atom is -0.375 e. The molecule has 0 unspecified atom stereocenters. The predicted molar refractivity (Wildman–Crippen MR) is 41.2 cm³/mol. The minimum absolute atomic E-state index is 1.00. The van der Waals surface area contributed by atoms with Gasteiger partial charge in [-0.05, 0) is 18.2 Å². The minimum atomic E-state index is 1.00. The van der Waals surface area contributed by atoms with E-state index >= 15 is 0 Å². The Labute approximate surface area is 59.6 Å². The monoisotopic (exact) mass is 131 g/mol. The highest BCUT2D eigenvalue weighted by Gasteiger charge is 2.00. The standard InChI is InChI=1S/C8H7N2/c1-3-7-8(9-5-1)4-2-6-10-7/h1-6,9H. The van der Waals surface area contributed by atoms with Gasteiger partial charge in [0.2, 0.25) is 0 Å². The molecule has 0 saturated carbocycles. The highest BCUT2D eigenvalue weighted by atomic mass is 14.9. The van der Waals surface area contributed by atoms with Crippen LogP contribution in [0.15, 0.2) is 24.4 Å². The lowest BCUT2D eigenvalue weighted by Crippen LogP contribution is -1.99. The van der Waals surface area contributed by atoms with Gasteiger partial charge < -0.3 is 5.32 Å². The smallest absolute Gasteiger partial charge is 0.0858 e. The Balaban J connectivity index is 2.54. The molecule has 10 heavy (non-hydrogen) atoms. The molecule has 0 amide bonds. The lowest BCUT2D eigenvalue weighted by Gasteiger charge is -2.09. The van der Waals surface area contributed by atoms with Gasteiger partial charge >= 0.3 is 0 Å². The van der Waals surface area contributed by atoms with Crippen molar-refractivity contribution in [1.82, 2.24) is 4.98 Å². The Morgan fingerprint density at radius 3 is 3.30 bits per heavy atom. The molecular formula is C8H7N2. The van der Waals surface area contributed by atoms with Gasteiger partial charge in [-0.25, -0.2) is 0 Å². The van der Waals surface area contributed by atoms with Crippen LogP contribution in [0, 0.1) is 6.54 Å². The Morgan fingerprint density at radius 2 is 2.40 bits per heavy atom. The maximum atomic E-state index is 4.15. The molecule has 0 aromatic carbocycles. The van der Waals surface area contributed by atoms with Crippen LogP contribution in [0.1, 0.15) is 5.69 Å². The normalized spacial score (nSPS) is 14.0. The molecule has 0 atom stereocenters. The summed E-state index contributed by atoms with van der Waals surface area (Å²) in [5.74, 6) is 0. The third-order valence-electron chi connectivity index (χ3n) is 1.43. The van der Waals surface area contributed by atoms with Gasteiger partial charge in [-0.15, -0.1) is 0 Å². The Bertz CT molecular complexity index is 266. The third kappa shape index (κ3) is 0.778. The molecule has 2 rings (SSSR count). The van der Waals surface area contributed by atoms with Crippen LogP contribution in [0.3, 0.4) is 0 Å². The zero-order valence-electron chi connectivity index (χ0n) is 5.41. The molecule has 0 saturated heterocycles. The molecular weight excluding hydrogens is 124 g/mol. The summed E-state index contributed by atoms with van der Waals surface area (Å²) in [6.45, 7) is 1.89. The lowest BCUT2D eigenvalue weighted by molar-refractivity contribution is 1.26. The molecule has 2 heteroatoms. The second kappa shape index (κ2) is 2.14. The van der Waals surface area contributed by atoms with E-state index in [9.17, 15) is 0 Å². The average Bonchev–Trinajstić information content (AvgIpc) is 2.05. The van der Waals surface area contributed by atoms with Crippen LogP contribution in [-0.2, 0) is 0 Å². The first-order valence-corrected chi connectivity index (χ1v) is 3.18. The first kappa shape index (κ1) is 5.47. The number of rotatable bonds is 0. The second-order valence-corrected chi connectivity index (χ2v) is 2.11. The third-order valence-corrected chi connectivity index (χ3v) is 1.43. The molecule has 0 bridgehead atoms. The summed E-state index contributed by atoms with van der Waals surface area (Å²) < 4.78 is 0. The Morgan fingerprint density at radius 1 is 1.40 bits per heavy atom. The van der Waals surface area contributed by atoms with E-state index in [0.717, 1.165) is 11.4 Å². The number of anilines is 1. The number of nitrogens with zero attached hydrogens (tertiary/aromatic N) is 1. The fraction of sp³-hybridized carbons (Fsp3) is 0. The van der Waals surface area contributed by atoms with Gasteiger partial charge in [0.15, 0.2) is 0 Å². The van der Waals surface area contributed by atoms with Crippen LogP contribution in [0.4, 0.5) is 5.69 Å². The number of aromatic nitrogens is 1. The van der Waals surface area contributed by atoms with Crippen LogP contribution in [0.25, 0.3) is 6.08 Å². The van der Waals surface area contributed by atoms with Gasteiger partial charge in [0.25, 0.3) is 0 Å². The first-order valence-electron chi connectivity index (χ1n) is 3.18. The summed E-state index contributed by atoms with van der Waals surface area (Å²) in [6.07, 6.45) is 5.71. The van der Waals surface area contributed by atoms with E-state index in [2.05, 4.69) is 10.3 Å². The van der Waals surface area contributed by atoms with Gasteiger partial charge in [-0.3, -0.25) is 4.98 Å². The van der Waals surface area contributed by atoms with Crippen molar-refractivity contribution < 1.29 is 0 Å². The van der Waals surface area contributed by atoms with E-state index in [-0.39, 0.29) is 0 Å². The lowest BCUT2D eigenvalue weighted by atomic mass is 10.2.